The number of likely N-dealkylation sites (tertiary alicyclic amines) is 1. The molecule has 7 nitrogen and oxygen atoms in total. The number of carbonyl (C=O) groups is 3. The van der Waals surface area contributed by atoms with Crippen LogP contribution in [0.5, 0.6) is 0 Å². The van der Waals surface area contributed by atoms with Gasteiger partial charge in [-0.3, -0.25) is 14.4 Å². The fourth-order valence-electron chi connectivity index (χ4n) is 3.36. The van der Waals surface area contributed by atoms with Crippen molar-refractivity contribution in [1.82, 2.24) is 4.90 Å². The molecule has 3 N–H and O–H groups in total. The predicted molar refractivity (Wildman–Crippen MR) is 97.7 cm³/mol. The van der Waals surface area contributed by atoms with Crippen LogP contribution in [0.1, 0.15) is 25.7 Å². The largest absolute Gasteiger partial charge is 0.338 e. The second kappa shape index (κ2) is 8.31. The average molecular weight is 367 g/mol. The lowest BCUT2D eigenvalue weighted by molar-refractivity contribution is -0.133. The molecule has 3 rings (SSSR count). The topological polar surface area (TPSA) is 95.7 Å². The Kier molecular flexibility index (Phi) is 6.39. The second-order valence-electron chi connectivity index (χ2n) is 6.16. The van der Waals surface area contributed by atoms with Gasteiger partial charge >= 0.3 is 0 Å². The average Bonchev–Trinajstić information content (AvgIpc) is 3.07. The van der Waals surface area contributed by atoms with Crippen LogP contribution in [0.2, 0.25) is 0 Å². The van der Waals surface area contributed by atoms with E-state index in [4.69, 9.17) is 5.73 Å². The van der Waals surface area contributed by atoms with Gasteiger partial charge in [0.15, 0.2) is 0 Å². The molecule has 2 heterocycles. The molecule has 1 fully saturated rings. The van der Waals surface area contributed by atoms with E-state index in [9.17, 15) is 14.4 Å². The van der Waals surface area contributed by atoms with Gasteiger partial charge in [-0.1, -0.05) is 12.1 Å². The summed E-state index contributed by atoms with van der Waals surface area (Å²) in [6.07, 6.45) is 2.13. The van der Waals surface area contributed by atoms with Crippen molar-refractivity contribution in [3.8, 4) is 0 Å². The van der Waals surface area contributed by atoms with Gasteiger partial charge in [0.2, 0.25) is 17.7 Å². The minimum Gasteiger partial charge on any atom is -0.338 e. The molecular weight excluding hydrogens is 344 g/mol. The van der Waals surface area contributed by atoms with E-state index in [1.165, 1.54) is 4.90 Å². The van der Waals surface area contributed by atoms with Crippen molar-refractivity contribution in [3.63, 3.8) is 0 Å². The summed E-state index contributed by atoms with van der Waals surface area (Å²) in [5, 5.41) is 2.75. The third-order valence-corrected chi connectivity index (χ3v) is 4.59. The third kappa shape index (κ3) is 4.11. The number of hydrogen-bond acceptors (Lipinski definition) is 4. The number of carbonyl (C=O) groups excluding carboxylic acids is 3. The van der Waals surface area contributed by atoms with Gasteiger partial charge in [0.1, 0.15) is 6.54 Å². The summed E-state index contributed by atoms with van der Waals surface area (Å²) >= 11 is 0. The molecular formula is C17H23ClN4O3. The molecule has 0 saturated carbocycles. The van der Waals surface area contributed by atoms with Crippen LogP contribution < -0.4 is 16.0 Å². The quantitative estimate of drug-likeness (QED) is 0.834. The Hall–Kier alpha value is -2.12. The molecule has 3 amide bonds. The molecule has 0 radical (unpaired) electrons. The van der Waals surface area contributed by atoms with Crippen LogP contribution in [-0.2, 0) is 14.4 Å². The number of benzene rings is 1. The summed E-state index contributed by atoms with van der Waals surface area (Å²) in [6, 6.07) is 7.26. The Morgan fingerprint density at radius 1 is 1.20 bits per heavy atom. The first-order valence-electron chi connectivity index (χ1n) is 8.29. The lowest BCUT2D eigenvalue weighted by Crippen LogP contribution is -2.43. The lowest BCUT2D eigenvalue weighted by atomic mass is 10.1. The summed E-state index contributed by atoms with van der Waals surface area (Å²) in [5.74, 6) is -0.476. The van der Waals surface area contributed by atoms with Crippen LogP contribution in [-0.4, -0.2) is 48.3 Å². The zero-order valence-electron chi connectivity index (χ0n) is 13.9. The molecule has 25 heavy (non-hydrogen) atoms. The van der Waals surface area contributed by atoms with Crippen LogP contribution in [0.3, 0.4) is 0 Å². The van der Waals surface area contributed by atoms with Crippen molar-refractivity contribution in [2.75, 3.05) is 29.9 Å². The van der Waals surface area contributed by atoms with Crippen LogP contribution in [0.4, 0.5) is 11.4 Å². The molecule has 0 spiro atoms. The van der Waals surface area contributed by atoms with E-state index in [1.54, 1.807) is 23.1 Å². The van der Waals surface area contributed by atoms with Gasteiger partial charge in [-0.05, 0) is 25.0 Å². The molecule has 1 atom stereocenters. The highest BCUT2D eigenvalue weighted by atomic mass is 35.5. The number of rotatable bonds is 4. The molecule has 1 aromatic carbocycles. The Bertz CT molecular complexity index is 667. The summed E-state index contributed by atoms with van der Waals surface area (Å²) in [6.45, 7) is 1.16. The third-order valence-electron chi connectivity index (χ3n) is 4.59. The SMILES string of the molecule is Cl.NCC1CCCN1C(=O)CCC(=O)N1CC(=O)Nc2ccccc21. The molecule has 8 heteroatoms. The van der Waals surface area contributed by atoms with Crippen molar-refractivity contribution >= 4 is 41.5 Å². The monoisotopic (exact) mass is 366 g/mol. The summed E-state index contributed by atoms with van der Waals surface area (Å²) in [7, 11) is 0. The van der Waals surface area contributed by atoms with E-state index in [2.05, 4.69) is 5.32 Å². The highest BCUT2D eigenvalue weighted by molar-refractivity contribution is 6.10. The molecule has 1 aromatic rings. The van der Waals surface area contributed by atoms with Crippen molar-refractivity contribution in [2.24, 2.45) is 5.73 Å². The first-order valence-corrected chi connectivity index (χ1v) is 8.29. The molecule has 136 valence electrons. The summed E-state index contributed by atoms with van der Waals surface area (Å²) in [5.41, 5.74) is 6.99. The number of nitrogens with zero attached hydrogens (tertiary/aromatic N) is 2. The Labute approximate surface area is 152 Å². The fraction of sp³-hybridized carbons (Fsp3) is 0.471. The maximum Gasteiger partial charge on any atom is 0.244 e. The predicted octanol–water partition coefficient (Wildman–Crippen LogP) is 1.12. The molecule has 0 bridgehead atoms. The van der Waals surface area contributed by atoms with E-state index in [0.717, 1.165) is 12.8 Å². The minimum absolute atomic E-state index is 0. The smallest absolute Gasteiger partial charge is 0.244 e. The standard InChI is InChI=1S/C17H22N4O3.ClH/c18-10-12-4-3-9-20(12)16(23)7-8-17(24)21-11-15(22)19-13-5-1-2-6-14(13)21;/h1-2,5-6,12H,3-4,7-11,18H2,(H,19,22);1H. The van der Waals surface area contributed by atoms with E-state index >= 15 is 0 Å². The van der Waals surface area contributed by atoms with E-state index in [-0.39, 0.29) is 55.6 Å². The first-order chi connectivity index (χ1) is 11.6. The molecule has 0 aliphatic carbocycles. The second-order valence-corrected chi connectivity index (χ2v) is 6.16. The maximum absolute atomic E-state index is 12.5. The Morgan fingerprint density at radius 2 is 1.92 bits per heavy atom. The van der Waals surface area contributed by atoms with E-state index in [1.807, 2.05) is 6.07 Å². The fourth-order valence-corrected chi connectivity index (χ4v) is 3.36. The summed E-state index contributed by atoms with van der Waals surface area (Å²) < 4.78 is 0. The van der Waals surface area contributed by atoms with E-state index < -0.39 is 0 Å². The van der Waals surface area contributed by atoms with Gasteiger partial charge in [0.25, 0.3) is 0 Å². The Morgan fingerprint density at radius 3 is 2.68 bits per heavy atom. The van der Waals surface area contributed by atoms with Gasteiger partial charge in [-0.2, -0.15) is 0 Å². The van der Waals surface area contributed by atoms with Gasteiger partial charge in [-0.25, -0.2) is 0 Å². The summed E-state index contributed by atoms with van der Waals surface area (Å²) in [4.78, 5) is 39.9. The number of halogens is 1. The number of para-hydroxylation sites is 2. The zero-order valence-corrected chi connectivity index (χ0v) is 14.8. The Balaban J connectivity index is 0.00000225. The minimum atomic E-state index is -0.226. The number of hydrogen-bond donors (Lipinski definition) is 2. The number of nitrogens with two attached hydrogens (primary N) is 1. The first kappa shape index (κ1) is 19.2. The lowest BCUT2D eigenvalue weighted by Gasteiger charge is -2.29. The van der Waals surface area contributed by atoms with Crippen molar-refractivity contribution in [1.29, 1.82) is 0 Å². The van der Waals surface area contributed by atoms with Crippen molar-refractivity contribution in [2.45, 2.75) is 31.7 Å². The zero-order chi connectivity index (χ0) is 17.1. The van der Waals surface area contributed by atoms with Crippen LogP contribution >= 0.6 is 12.4 Å². The molecule has 1 unspecified atom stereocenters. The number of fused-ring (bicyclic) bond motifs is 1. The van der Waals surface area contributed by atoms with Crippen LogP contribution in [0, 0.1) is 0 Å². The number of nitrogens with one attached hydrogen (secondary N) is 1. The normalized spacial score (nSPS) is 19.1. The number of amides is 3. The van der Waals surface area contributed by atoms with Crippen LogP contribution in [0.25, 0.3) is 0 Å². The molecule has 2 aliphatic heterocycles. The molecule has 1 saturated heterocycles. The molecule has 2 aliphatic rings. The van der Waals surface area contributed by atoms with Crippen LogP contribution in [0.15, 0.2) is 24.3 Å². The maximum atomic E-state index is 12.5. The van der Waals surface area contributed by atoms with Crippen molar-refractivity contribution < 1.29 is 14.4 Å². The van der Waals surface area contributed by atoms with Gasteiger partial charge in [-0.15, -0.1) is 12.4 Å². The van der Waals surface area contributed by atoms with Gasteiger partial charge < -0.3 is 20.9 Å². The number of anilines is 2. The molecule has 0 aromatic heterocycles. The van der Waals surface area contributed by atoms with E-state index in [0.29, 0.717) is 24.5 Å². The highest BCUT2D eigenvalue weighted by Crippen LogP contribution is 2.29. The van der Waals surface area contributed by atoms with Gasteiger partial charge in [0, 0.05) is 32.0 Å². The highest BCUT2D eigenvalue weighted by Gasteiger charge is 2.30. The van der Waals surface area contributed by atoms with Crippen molar-refractivity contribution in [3.05, 3.63) is 24.3 Å². The van der Waals surface area contributed by atoms with Gasteiger partial charge in [0.05, 0.1) is 11.4 Å².